The summed E-state index contributed by atoms with van der Waals surface area (Å²) in [4.78, 5) is 31.9. The average Bonchev–Trinajstić information content (AvgIpc) is 3.08. The standard InChI is InChI=1S/C17H9Cl3N2O3/c18-8-5-9(19)7-10(6-8)22-16(23)13-14(21-25-15(13)17(22)24)11-3-1-2-4-12(11)20/h1-7,13,15H/t13-,15-/m0/s1. The van der Waals surface area contributed by atoms with Gasteiger partial charge in [0.05, 0.1) is 5.69 Å². The van der Waals surface area contributed by atoms with Gasteiger partial charge in [0.2, 0.25) is 12.0 Å². The van der Waals surface area contributed by atoms with E-state index >= 15 is 0 Å². The van der Waals surface area contributed by atoms with Crippen LogP contribution in [0.3, 0.4) is 0 Å². The summed E-state index contributed by atoms with van der Waals surface area (Å²) < 4.78 is 0. The van der Waals surface area contributed by atoms with Crippen molar-refractivity contribution >= 4 is 58.0 Å². The molecular weight excluding hydrogens is 387 g/mol. The van der Waals surface area contributed by atoms with E-state index in [2.05, 4.69) is 5.16 Å². The zero-order valence-corrected chi connectivity index (χ0v) is 14.7. The average molecular weight is 396 g/mol. The van der Waals surface area contributed by atoms with Gasteiger partial charge in [-0.15, -0.1) is 0 Å². The molecule has 1 saturated heterocycles. The van der Waals surface area contributed by atoms with E-state index in [9.17, 15) is 9.59 Å². The molecule has 0 N–H and O–H groups in total. The van der Waals surface area contributed by atoms with Crippen LogP contribution < -0.4 is 4.90 Å². The van der Waals surface area contributed by atoms with Crippen molar-refractivity contribution in [2.75, 3.05) is 4.90 Å². The molecule has 0 aromatic heterocycles. The van der Waals surface area contributed by atoms with Crippen LogP contribution in [0.25, 0.3) is 0 Å². The summed E-state index contributed by atoms with van der Waals surface area (Å²) in [6.45, 7) is 0. The van der Waals surface area contributed by atoms with Crippen molar-refractivity contribution in [1.29, 1.82) is 0 Å². The van der Waals surface area contributed by atoms with Gasteiger partial charge in [0, 0.05) is 20.6 Å². The van der Waals surface area contributed by atoms with Crippen LogP contribution in [0, 0.1) is 5.92 Å². The number of amides is 2. The lowest BCUT2D eigenvalue weighted by Gasteiger charge is -2.16. The summed E-state index contributed by atoms with van der Waals surface area (Å²) in [5.74, 6) is -1.83. The largest absolute Gasteiger partial charge is 0.381 e. The third-order valence-corrected chi connectivity index (χ3v) is 4.83. The Labute approximate surface area is 157 Å². The first kappa shape index (κ1) is 16.4. The van der Waals surface area contributed by atoms with Crippen LogP contribution in [-0.4, -0.2) is 23.6 Å². The molecule has 1 fully saturated rings. The molecule has 2 aromatic rings. The van der Waals surface area contributed by atoms with E-state index in [1.165, 1.54) is 18.2 Å². The molecule has 0 spiro atoms. The SMILES string of the molecule is O=C1[C@H]2C(c3ccccc3Cl)=NO[C@@H]2C(=O)N1c1cc(Cl)cc(Cl)c1. The van der Waals surface area contributed by atoms with E-state index in [1.54, 1.807) is 24.3 Å². The summed E-state index contributed by atoms with van der Waals surface area (Å²) in [7, 11) is 0. The molecule has 25 heavy (non-hydrogen) atoms. The minimum absolute atomic E-state index is 0.295. The molecule has 0 saturated carbocycles. The molecule has 0 unspecified atom stereocenters. The highest BCUT2D eigenvalue weighted by atomic mass is 35.5. The van der Waals surface area contributed by atoms with Gasteiger partial charge in [-0.25, -0.2) is 4.90 Å². The van der Waals surface area contributed by atoms with Gasteiger partial charge in [-0.3, -0.25) is 9.59 Å². The van der Waals surface area contributed by atoms with Gasteiger partial charge in [0.25, 0.3) is 5.91 Å². The molecule has 4 rings (SSSR count). The topological polar surface area (TPSA) is 59.0 Å². The smallest absolute Gasteiger partial charge is 0.278 e. The minimum atomic E-state index is -1.02. The van der Waals surface area contributed by atoms with E-state index < -0.39 is 23.8 Å². The molecule has 2 aliphatic heterocycles. The van der Waals surface area contributed by atoms with Crippen molar-refractivity contribution in [2.24, 2.45) is 11.1 Å². The first-order valence-corrected chi connectivity index (χ1v) is 8.43. The first-order chi connectivity index (χ1) is 12.0. The number of oxime groups is 1. The molecule has 5 nitrogen and oxygen atoms in total. The second-order valence-corrected chi connectivity index (χ2v) is 6.88. The van der Waals surface area contributed by atoms with E-state index in [0.717, 1.165) is 4.90 Å². The Morgan fingerprint density at radius 3 is 2.32 bits per heavy atom. The zero-order valence-electron chi connectivity index (χ0n) is 12.4. The number of imide groups is 1. The van der Waals surface area contributed by atoms with Crippen molar-refractivity contribution in [3.8, 4) is 0 Å². The Balaban J connectivity index is 1.75. The van der Waals surface area contributed by atoms with Crippen molar-refractivity contribution in [3.63, 3.8) is 0 Å². The Kier molecular flexibility index (Phi) is 3.95. The van der Waals surface area contributed by atoms with Crippen LogP contribution in [0.2, 0.25) is 15.1 Å². The number of carbonyl (C=O) groups excluding carboxylic acids is 2. The lowest BCUT2D eigenvalue weighted by atomic mass is 9.94. The Morgan fingerprint density at radius 1 is 0.960 bits per heavy atom. The minimum Gasteiger partial charge on any atom is -0.381 e. The van der Waals surface area contributed by atoms with Crippen LogP contribution in [0.4, 0.5) is 5.69 Å². The van der Waals surface area contributed by atoms with Gasteiger partial charge in [-0.05, 0) is 24.3 Å². The quantitative estimate of drug-likeness (QED) is 0.724. The number of fused-ring (bicyclic) bond motifs is 1. The summed E-state index contributed by atoms with van der Waals surface area (Å²) in [6, 6.07) is 11.5. The van der Waals surface area contributed by atoms with Crippen LogP contribution in [0.15, 0.2) is 47.6 Å². The van der Waals surface area contributed by atoms with Gasteiger partial charge in [-0.2, -0.15) is 0 Å². The number of hydrogen-bond donors (Lipinski definition) is 0. The van der Waals surface area contributed by atoms with Gasteiger partial charge in [-0.1, -0.05) is 58.2 Å². The zero-order chi connectivity index (χ0) is 17.7. The van der Waals surface area contributed by atoms with Crippen molar-refractivity contribution in [3.05, 3.63) is 63.1 Å². The van der Waals surface area contributed by atoms with Crippen LogP contribution >= 0.6 is 34.8 Å². The number of benzene rings is 2. The number of nitrogens with zero attached hydrogens (tertiary/aromatic N) is 2. The first-order valence-electron chi connectivity index (χ1n) is 7.30. The number of carbonyl (C=O) groups is 2. The van der Waals surface area contributed by atoms with Crippen LogP contribution in [0.1, 0.15) is 5.56 Å². The summed E-state index contributed by atoms with van der Waals surface area (Å²) in [5, 5.41) is 4.99. The van der Waals surface area contributed by atoms with Crippen LogP contribution in [-0.2, 0) is 14.4 Å². The summed E-state index contributed by atoms with van der Waals surface area (Å²) in [5.41, 5.74) is 1.19. The number of hydrogen-bond acceptors (Lipinski definition) is 4. The predicted molar refractivity (Wildman–Crippen MR) is 95.3 cm³/mol. The number of rotatable bonds is 2. The van der Waals surface area contributed by atoms with Gasteiger partial charge < -0.3 is 4.84 Å². The van der Waals surface area contributed by atoms with E-state index in [1.807, 2.05) is 0 Å². The molecule has 0 aliphatic carbocycles. The molecule has 2 heterocycles. The lowest BCUT2D eigenvalue weighted by Crippen LogP contribution is -2.33. The monoisotopic (exact) mass is 394 g/mol. The fourth-order valence-electron chi connectivity index (χ4n) is 2.99. The van der Waals surface area contributed by atoms with Crippen molar-refractivity contribution in [2.45, 2.75) is 6.10 Å². The second-order valence-electron chi connectivity index (χ2n) is 5.60. The molecular formula is C17H9Cl3N2O3. The van der Waals surface area contributed by atoms with Gasteiger partial charge in [0.1, 0.15) is 11.6 Å². The third kappa shape index (κ3) is 2.59. The molecule has 2 aromatic carbocycles. The predicted octanol–water partition coefficient (Wildman–Crippen LogP) is 3.94. The highest BCUT2D eigenvalue weighted by Crippen LogP contribution is 2.37. The second kappa shape index (κ2) is 6.02. The molecule has 8 heteroatoms. The molecule has 0 radical (unpaired) electrons. The van der Waals surface area contributed by atoms with Crippen LogP contribution in [0.5, 0.6) is 0 Å². The molecule has 2 amide bonds. The number of anilines is 1. The number of halogens is 3. The molecule has 2 aliphatic rings. The fourth-order valence-corrected chi connectivity index (χ4v) is 3.74. The Hall–Kier alpha value is -2.08. The Bertz CT molecular complexity index is 924. The fraction of sp³-hybridized carbons (Fsp3) is 0.118. The Morgan fingerprint density at radius 2 is 1.64 bits per heavy atom. The summed E-state index contributed by atoms with van der Waals surface area (Å²) in [6.07, 6.45) is -1.02. The van der Waals surface area contributed by atoms with E-state index in [4.69, 9.17) is 39.6 Å². The highest BCUT2D eigenvalue weighted by Gasteiger charge is 2.56. The summed E-state index contributed by atoms with van der Waals surface area (Å²) >= 11 is 18.2. The highest BCUT2D eigenvalue weighted by molar-refractivity contribution is 6.39. The molecule has 126 valence electrons. The lowest BCUT2D eigenvalue weighted by molar-refractivity contribution is -0.126. The normalized spacial score (nSPS) is 22.0. The maximum Gasteiger partial charge on any atom is 0.278 e. The van der Waals surface area contributed by atoms with Gasteiger partial charge in [0.15, 0.2) is 0 Å². The van der Waals surface area contributed by atoms with E-state index in [-0.39, 0.29) is 0 Å². The molecule has 2 atom stereocenters. The van der Waals surface area contributed by atoms with Crippen molar-refractivity contribution < 1.29 is 14.4 Å². The van der Waals surface area contributed by atoms with E-state index in [0.29, 0.717) is 32.0 Å². The molecule has 0 bridgehead atoms. The third-order valence-electron chi connectivity index (χ3n) is 4.07. The maximum absolute atomic E-state index is 12.9. The van der Waals surface area contributed by atoms with Crippen molar-refractivity contribution in [1.82, 2.24) is 0 Å². The maximum atomic E-state index is 12.9. The van der Waals surface area contributed by atoms with Gasteiger partial charge >= 0.3 is 0 Å².